The number of nitrogens with zero attached hydrogens (tertiary/aromatic N) is 5. The number of allylic oxidation sites excluding steroid dienone is 1. The lowest BCUT2D eigenvalue weighted by molar-refractivity contribution is 0.317. The van der Waals surface area contributed by atoms with Crippen LogP contribution in [-0.2, 0) is 0 Å². The first kappa shape index (κ1) is 17.2. The monoisotopic (exact) mass is 324 g/mol. The van der Waals surface area contributed by atoms with Crippen LogP contribution >= 0.6 is 0 Å². The largest absolute Gasteiger partial charge is 0.494 e. The molecule has 1 aromatic carbocycles. The summed E-state index contributed by atoms with van der Waals surface area (Å²) in [5, 5.41) is 9.47. The molecule has 0 atom stereocenters. The molecule has 2 rings (SSSR count). The minimum atomic E-state index is 0.0740. The molecule has 1 aromatic heterocycles. The Morgan fingerprint density at radius 3 is 2.79 bits per heavy atom. The van der Waals surface area contributed by atoms with Crippen molar-refractivity contribution in [3.63, 3.8) is 0 Å². The van der Waals surface area contributed by atoms with E-state index in [1.165, 1.54) is 0 Å². The third-order valence-electron chi connectivity index (χ3n) is 3.04. The number of hydrogen-bond donors (Lipinski definition) is 1. The summed E-state index contributed by atoms with van der Waals surface area (Å²) in [6, 6.07) is 9.62. The van der Waals surface area contributed by atoms with Gasteiger partial charge in [-0.1, -0.05) is 19.1 Å². The zero-order valence-corrected chi connectivity index (χ0v) is 14.0. The molecule has 0 amide bonds. The average molecular weight is 324 g/mol. The normalized spacial score (nSPS) is 11.0. The fourth-order valence-corrected chi connectivity index (χ4v) is 1.93. The van der Waals surface area contributed by atoms with Crippen LogP contribution in [0, 0.1) is 11.3 Å². The Morgan fingerprint density at radius 2 is 2.12 bits per heavy atom. The molecule has 0 fully saturated rings. The van der Waals surface area contributed by atoms with E-state index in [-0.39, 0.29) is 11.8 Å². The molecule has 2 N–H and O–H groups in total. The Balaban J connectivity index is 2.38. The molecule has 0 saturated carbocycles. The first-order chi connectivity index (χ1) is 11.5. The highest BCUT2D eigenvalue weighted by atomic mass is 16.5. The smallest absolute Gasteiger partial charge is 0.230 e. The Hall–Kier alpha value is -3.14. The third kappa shape index (κ3) is 4.43. The number of hydrogen-bond acceptors (Lipinski definition) is 7. The second-order valence-electron chi connectivity index (χ2n) is 5.30. The first-order valence-corrected chi connectivity index (χ1v) is 7.57. The van der Waals surface area contributed by atoms with Gasteiger partial charge in [-0.15, -0.1) is 0 Å². The number of anilines is 2. The SMILES string of the molecule is CCCOc1cccc(/C=C(/C#N)c2nc(N)nc(N(C)C)n2)c1. The predicted molar refractivity (Wildman–Crippen MR) is 94.3 cm³/mol. The summed E-state index contributed by atoms with van der Waals surface area (Å²) in [6.45, 7) is 2.69. The zero-order valence-electron chi connectivity index (χ0n) is 14.0. The third-order valence-corrected chi connectivity index (χ3v) is 3.04. The number of rotatable bonds is 6. The maximum absolute atomic E-state index is 9.47. The molecule has 7 nitrogen and oxygen atoms in total. The second-order valence-corrected chi connectivity index (χ2v) is 5.30. The summed E-state index contributed by atoms with van der Waals surface area (Å²) in [6.07, 6.45) is 2.63. The van der Waals surface area contributed by atoms with Crippen LogP contribution in [0.25, 0.3) is 11.6 Å². The lowest BCUT2D eigenvalue weighted by Gasteiger charge is -2.11. The number of benzene rings is 1. The van der Waals surface area contributed by atoms with Crippen molar-refractivity contribution in [2.24, 2.45) is 0 Å². The summed E-state index contributed by atoms with van der Waals surface area (Å²) in [5.41, 5.74) is 6.85. The number of nitrogens with two attached hydrogens (primary N) is 1. The van der Waals surface area contributed by atoms with E-state index >= 15 is 0 Å². The molecular formula is C17H20N6O. The maximum Gasteiger partial charge on any atom is 0.230 e. The molecular weight excluding hydrogens is 304 g/mol. The van der Waals surface area contributed by atoms with Gasteiger partial charge in [0, 0.05) is 14.1 Å². The zero-order chi connectivity index (χ0) is 17.5. The number of nitriles is 1. The molecule has 2 aromatic rings. The van der Waals surface area contributed by atoms with Gasteiger partial charge in [-0.05, 0) is 30.2 Å². The van der Waals surface area contributed by atoms with E-state index in [1.807, 2.05) is 31.2 Å². The lowest BCUT2D eigenvalue weighted by atomic mass is 10.1. The van der Waals surface area contributed by atoms with Crippen LogP contribution in [0.2, 0.25) is 0 Å². The molecule has 0 radical (unpaired) electrons. The topological polar surface area (TPSA) is 101 Å². The van der Waals surface area contributed by atoms with Gasteiger partial charge in [-0.25, -0.2) is 0 Å². The Bertz CT molecular complexity index is 779. The quantitative estimate of drug-likeness (QED) is 0.814. The van der Waals surface area contributed by atoms with Gasteiger partial charge < -0.3 is 15.4 Å². The fraction of sp³-hybridized carbons (Fsp3) is 0.294. The van der Waals surface area contributed by atoms with Crippen LogP contribution in [-0.4, -0.2) is 35.7 Å². The predicted octanol–water partition coefficient (Wildman–Crippen LogP) is 2.37. The van der Waals surface area contributed by atoms with E-state index in [4.69, 9.17) is 10.5 Å². The van der Waals surface area contributed by atoms with Gasteiger partial charge >= 0.3 is 0 Å². The van der Waals surface area contributed by atoms with E-state index in [0.29, 0.717) is 18.1 Å². The van der Waals surface area contributed by atoms with Crippen LogP contribution in [0.3, 0.4) is 0 Å². The van der Waals surface area contributed by atoms with Crippen molar-refractivity contribution in [1.82, 2.24) is 15.0 Å². The lowest BCUT2D eigenvalue weighted by Crippen LogP contribution is -2.15. The molecule has 0 spiro atoms. The van der Waals surface area contributed by atoms with E-state index in [9.17, 15) is 5.26 Å². The molecule has 0 aliphatic carbocycles. The van der Waals surface area contributed by atoms with Gasteiger partial charge in [0.05, 0.1) is 12.2 Å². The number of ether oxygens (including phenoxy) is 1. The Morgan fingerprint density at radius 1 is 1.33 bits per heavy atom. The van der Waals surface area contributed by atoms with Gasteiger partial charge in [0.1, 0.15) is 11.8 Å². The number of aromatic nitrogens is 3. The van der Waals surface area contributed by atoms with E-state index in [2.05, 4.69) is 21.0 Å². The van der Waals surface area contributed by atoms with Crippen molar-refractivity contribution in [2.75, 3.05) is 31.3 Å². The van der Waals surface area contributed by atoms with Crippen molar-refractivity contribution >= 4 is 23.5 Å². The second kappa shape index (κ2) is 7.92. The average Bonchev–Trinajstić information content (AvgIpc) is 2.57. The highest BCUT2D eigenvalue weighted by molar-refractivity contribution is 5.87. The molecule has 0 saturated heterocycles. The summed E-state index contributed by atoms with van der Waals surface area (Å²) in [5.74, 6) is 1.48. The summed E-state index contributed by atoms with van der Waals surface area (Å²) in [4.78, 5) is 14.1. The van der Waals surface area contributed by atoms with E-state index < -0.39 is 0 Å². The summed E-state index contributed by atoms with van der Waals surface area (Å²) in [7, 11) is 3.59. The molecule has 7 heteroatoms. The Labute approximate surface area is 141 Å². The van der Waals surface area contributed by atoms with Crippen LogP contribution < -0.4 is 15.4 Å². The fourth-order valence-electron chi connectivity index (χ4n) is 1.93. The Kier molecular flexibility index (Phi) is 5.68. The van der Waals surface area contributed by atoms with E-state index in [1.54, 1.807) is 25.1 Å². The first-order valence-electron chi connectivity index (χ1n) is 7.57. The van der Waals surface area contributed by atoms with Crippen LogP contribution in [0.15, 0.2) is 24.3 Å². The maximum atomic E-state index is 9.47. The molecule has 0 aliphatic heterocycles. The van der Waals surface area contributed by atoms with Gasteiger partial charge in [0.2, 0.25) is 11.9 Å². The van der Waals surface area contributed by atoms with Crippen LogP contribution in [0.4, 0.5) is 11.9 Å². The minimum Gasteiger partial charge on any atom is -0.494 e. The van der Waals surface area contributed by atoms with Crippen molar-refractivity contribution in [3.8, 4) is 11.8 Å². The van der Waals surface area contributed by atoms with Gasteiger partial charge in [0.25, 0.3) is 0 Å². The highest BCUT2D eigenvalue weighted by Crippen LogP contribution is 2.20. The van der Waals surface area contributed by atoms with Crippen LogP contribution in [0.5, 0.6) is 5.75 Å². The van der Waals surface area contributed by atoms with Crippen molar-refractivity contribution in [2.45, 2.75) is 13.3 Å². The van der Waals surface area contributed by atoms with Gasteiger partial charge in [-0.3, -0.25) is 0 Å². The standard InChI is InChI=1S/C17H20N6O/c1-4-8-24-14-7-5-6-12(10-14)9-13(11-18)15-20-16(19)22-17(21-15)23(2)3/h5-7,9-10H,4,8H2,1-3H3,(H2,19,20,21,22)/b13-9-. The molecule has 0 unspecified atom stereocenters. The molecule has 24 heavy (non-hydrogen) atoms. The summed E-state index contributed by atoms with van der Waals surface area (Å²) < 4.78 is 5.61. The van der Waals surface area contributed by atoms with Crippen molar-refractivity contribution in [1.29, 1.82) is 5.26 Å². The van der Waals surface area contributed by atoms with E-state index in [0.717, 1.165) is 17.7 Å². The molecule has 0 bridgehead atoms. The van der Waals surface area contributed by atoms with Gasteiger partial charge in [0.15, 0.2) is 5.82 Å². The highest BCUT2D eigenvalue weighted by Gasteiger charge is 2.11. The minimum absolute atomic E-state index is 0.0740. The number of nitrogen functional groups attached to an aromatic ring is 1. The van der Waals surface area contributed by atoms with Gasteiger partial charge in [-0.2, -0.15) is 20.2 Å². The van der Waals surface area contributed by atoms with Crippen molar-refractivity contribution < 1.29 is 4.74 Å². The molecule has 1 heterocycles. The summed E-state index contributed by atoms with van der Waals surface area (Å²) >= 11 is 0. The molecule has 124 valence electrons. The van der Waals surface area contributed by atoms with Crippen LogP contribution in [0.1, 0.15) is 24.7 Å². The molecule has 0 aliphatic rings. The van der Waals surface area contributed by atoms with Crippen molar-refractivity contribution in [3.05, 3.63) is 35.7 Å².